The van der Waals surface area contributed by atoms with Crippen LogP contribution in [0.25, 0.3) is 99.8 Å². The Balaban J connectivity index is 1.26. The van der Waals surface area contributed by atoms with Crippen molar-refractivity contribution in [2.24, 2.45) is 0 Å². The van der Waals surface area contributed by atoms with E-state index in [0.717, 1.165) is 21.7 Å². The monoisotopic (exact) mass is 881 g/mol. The average Bonchev–Trinajstić information content (AvgIpc) is 3.89. The molecule has 0 amide bonds. The first-order chi connectivity index (χ1) is 33.1. The summed E-state index contributed by atoms with van der Waals surface area (Å²) >= 11 is 0. The lowest BCUT2D eigenvalue weighted by Crippen LogP contribution is -2.13. The lowest BCUT2D eigenvalue weighted by Gasteiger charge is -2.22. The number of hydrogen-bond acceptors (Lipinski definition) is 5. The Kier molecular flexibility index (Phi) is 9.68. The van der Waals surface area contributed by atoms with Crippen molar-refractivity contribution in [3.63, 3.8) is 0 Å². The summed E-state index contributed by atoms with van der Waals surface area (Å²) < 4.78 is 52.4. The number of para-hydroxylation sites is 2. The van der Waals surface area contributed by atoms with Crippen molar-refractivity contribution in [2.45, 2.75) is 6.18 Å². The van der Waals surface area contributed by atoms with Crippen LogP contribution < -0.4 is 0 Å². The third-order valence-electron chi connectivity index (χ3n) is 12.4. The van der Waals surface area contributed by atoms with Gasteiger partial charge in [-0.25, -0.2) is 4.98 Å². The molecule has 0 fully saturated rings. The van der Waals surface area contributed by atoms with Crippen molar-refractivity contribution in [1.29, 1.82) is 21.0 Å². The third-order valence-corrected chi connectivity index (χ3v) is 12.4. The second-order valence-corrected chi connectivity index (χ2v) is 16.4. The van der Waals surface area contributed by atoms with E-state index in [1.807, 2.05) is 120 Å². The van der Waals surface area contributed by atoms with E-state index < -0.39 is 11.7 Å². The summed E-state index contributed by atoms with van der Waals surface area (Å²) in [6.45, 7) is 0. The Labute approximate surface area is 386 Å². The van der Waals surface area contributed by atoms with Crippen LogP contribution in [0.15, 0.2) is 182 Å². The molecule has 0 aliphatic carbocycles. The first-order valence-corrected chi connectivity index (χ1v) is 21.4. The molecule has 8 aromatic carbocycles. The Bertz CT molecular complexity index is 4010. The molecule has 318 valence electrons. The quantitative estimate of drug-likeness (QED) is 0.165. The second kappa shape index (κ2) is 16.1. The van der Waals surface area contributed by atoms with Crippen molar-refractivity contribution in [3.05, 3.63) is 210 Å². The minimum Gasteiger partial charge on any atom is -0.309 e. The SMILES string of the molecule is N#Cc1cc(C#N)cc(-c2ccc3c4ccccc4n(-c4cc(C(F)(F)F)c(-n5c6ccccc6c6ccc(-c7cc(C#N)cc(C#N)c7)cc65)cc4-c4cccc(-c5ccccc5)n4)c3c2)c1. The van der Waals surface area contributed by atoms with Crippen LogP contribution in [-0.2, 0) is 6.18 Å². The maximum Gasteiger partial charge on any atom is 0.418 e. The lowest BCUT2D eigenvalue weighted by atomic mass is 9.98. The molecule has 0 saturated heterocycles. The number of benzene rings is 8. The maximum absolute atomic E-state index is 16.3. The molecule has 0 N–H and O–H groups in total. The van der Waals surface area contributed by atoms with E-state index in [2.05, 4.69) is 24.3 Å². The molecular formula is C58H30F3N7. The number of hydrogen-bond donors (Lipinski definition) is 0. The van der Waals surface area contributed by atoms with Crippen LogP contribution in [0.3, 0.4) is 0 Å². The van der Waals surface area contributed by atoms with E-state index in [0.29, 0.717) is 77.8 Å². The molecule has 0 saturated carbocycles. The van der Waals surface area contributed by atoms with E-state index >= 15 is 13.2 Å². The molecule has 0 atom stereocenters. The smallest absolute Gasteiger partial charge is 0.309 e. The number of fused-ring (bicyclic) bond motifs is 6. The Morgan fingerprint density at radius 3 is 1.32 bits per heavy atom. The van der Waals surface area contributed by atoms with Gasteiger partial charge in [-0.1, -0.05) is 97.1 Å². The highest BCUT2D eigenvalue weighted by Gasteiger charge is 2.37. The van der Waals surface area contributed by atoms with Gasteiger partial charge in [0.2, 0.25) is 0 Å². The Morgan fingerprint density at radius 1 is 0.368 bits per heavy atom. The highest BCUT2D eigenvalue weighted by atomic mass is 19.4. The number of halogens is 3. The van der Waals surface area contributed by atoms with Gasteiger partial charge in [-0.15, -0.1) is 0 Å². The van der Waals surface area contributed by atoms with Gasteiger partial charge in [-0.2, -0.15) is 34.2 Å². The number of rotatable bonds is 6. The van der Waals surface area contributed by atoms with Gasteiger partial charge in [0.05, 0.1) is 96.9 Å². The van der Waals surface area contributed by atoms with Gasteiger partial charge >= 0.3 is 6.18 Å². The van der Waals surface area contributed by atoms with Crippen molar-refractivity contribution < 1.29 is 13.2 Å². The van der Waals surface area contributed by atoms with E-state index in [4.69, 9.17) is 4.98 Å². The minimum absolute atomic E-state index is 0.131. The predicted molar refractivity (Wildman–Crippen MR) is 259 cm³/mol. The zero-order valence-corrected chi connectivity index (χ0v) is 35.6. The van der Waals surface area contributed by atoms with Crippen LogP contribution in [-0.4, -0.2) is 14.1 Å². The molecule has 0 aliphatic heterocycles. The Hall–Kier alpha value is -9.74. The van der Waals surface area contributed by atoms with Gasteiger partial charge in [0.25, 0.3) is 0 Å². The molecule has 0 spiro atoms. The molecule has 7 nitrogen and oxygen atoms in total. The second-order valence-electron chi connectivity index (χ2n) is 16.4. The highest BCUT2D eigenvalue weighted by Crippen LogP contribution is 2.46. The predicted octanol–water partition coefficient (Wildman–Crippen LogP) is 14.4. The molecule has 3 heterocycles. The fourth-order valence-corrected chi connectivity index (χ4v) is 9.40. The van der Waals surface area contributed by atoms with Crippen LogP contribution in [0.2, 0.25) is 0 Å². The van der Waals surface area contributed by atoms with Crippen molar-refractivity contribution in [3.8, 4) is 80.4 Å². The summed E-state index contributed by atoms with van der Waals surface area (Å²) in [5.41, 5.74) is 7.40. The minimum atomic E-state index is -4.88. The van der Waals surface area contributed by atoms with Crippen LogP contribution in [0.5, 0.6) is 0 Å². The molecule has 0 radical (unpaired) electrons. The summed E-state index contributed by atoms with van der Waals surface area (Å²) in [7, 11) is 0. The normalized spacial score (nSPS) is 11.4. The van der Waals surface area contributed by atoms with Gasteiger partial charge in [0.15, 0.2) is 0 Å². The molecule has 0 unspecified atom stereocenters. The summed E-state index contributed by atoms with van der Waals surface area (Å²) in [6.07, 6.45) is -4.88. The number of pyridine rings is 1. The average molecular weight is 882 g/mol. The van der Waals surface area contributed by atoms with Crippen molar-refractivity contribution in [2.75, 3.05) is 0 Å². The van der Waals surface area contributed by atoms with Crippen LogP contribution in [0.1, 0.15) is 27.8 Å². The zero-order chi connectivity index (χ0) is 46.7. The van der Waals surface area contributed by atoms with Crippen LogP contribution in [0, 0.1) is 45.3 Å². The van der Waals surface area contributed by atoms with Gasteiger partial charge in [-0.05, 0) is 107 Å². The summed E-state index contributed by atoms with van der Waals surface area (Å²) in [4.78, 5) is 5.15. The van der Waals surface area contributed by atoms with Crippen LogP contribution in [0.4, 0.5) is 13.2 Å². The molecule has 0 aliphatic rings. The largest absolute Gasteiger partial charge is 0.418 e. The van der Waals surface area contributed by atoms with Gasteiger partial charge in [0, 0.05) is 32.7 Å². The van der Waals surface area contributed by atoms with Crippen molar-refractivity contribution >= 4 is 43.6 Å². The van der Waals surface area contributed by atoms with Gasteiger partial charge in [-0.3, -0.25) is 0 Å². The molecule has 3 aromatic heterocycles. The summed E-state index contributed by atoms with van der Waals surface area (Å²) in [5.74, 6) is 0. The number of nitriles is 4. The van der Waals surface area contributed by atoms with Gasteiger partial charge in [0.1, 0.15) is 0 Å². The van der Waals surface area contributed by atoms with E-state index in [9.17, 15) is 21.0 Å². The number of nitrogens with zero attached hydrogens (tertiary/aromatic N) is 7. The summed E-state index contributed by atoms with van der Waals surface area (Å²) in [6, 6.07) is 62.2. The molecular weight excluding hydrogens is 852 g/mol. The van der Waals surface area contributed by atoms with E-state index in [-0.39, 0.29) is 22.5 Å². The first kappa shape index (κ1) is 41.0. The molecule has 0 bridgehead atoms. The first-order valence-electron chi connectivity index (χ1n) is 21.4. The fourth-order valence-electron chi connectivity index (χ4n) is 9.40. The highest BCUT2D eigenvalue weighted by molar-refractivity contribution is 6.12. The van der Waals surface area contributed by atoms with Crippen LogP contribution >= 0.6 is 0 Å². The zero-order valence-electron chi connectivity index (χ0n) is 35.6. The topological polar surface area (TPSA) is 118 Å². The van der Waals surface area contributed by atoms with Crippen molar-refractivity contribution in [1.82, 2.24) is 14.1 Å². The Morgan fingerprint density at radius 2 is 0.824 bits per heavy atom. The standard InChI is InChI=1S/C58H30F3N7/c59-58(60,61)49-30-56(67-52-15-6-4-11-44(52)46-19-17-40(27-54(46)67)42-23-35(31-62)21-36(24-42)32-63)48(51-14-8-13-50(66-51)39-9-2-1-3-10-39)29-57(49)68-53-16-7-5-12-45(53)47-20-18-41(28-55(47)68)43-25-37(33-64)22-38(26-43)34-65/h1-30H. The third kappa shape index (κ3) is 6.86. The number of aromatic nitrogens is 3. The molecule has 11 rings (SSSR count). The molecule has 10 heteroatoms. The fraction of sp³-hybridized carbons (Fsp3) is 0.0172. The summed E-state index contributed by atoms with van der Waals surface area (Å²) in [5, 5.41) is 42.3. The van der Waals surface area contributed by atoms with E-state index in [1.165, 1.54) is 18.2 Å². The molecule has 11 aromatic rings. The van der Waals surface area contributed by atoms with E-state index in [1.54, 1.807) is 53.1 Å². The van der Waals surface area contributed by atoms with Gasteiger partial charge < -0.3 is 9.13 Å². The number of alkyl halides is 3. The molecule has 68 heavy (non-hydrogen) atoms. The maximum atomic E-state index is 16.3. The lowest BCUT2D eigenvalue weighted by molar-refractivity contribution is -0.137.